The maximum atomic E-state index is 12.3. The van der Waals surface area contributed by atoms with Crippen molar-refractivity contribution in [3.8, 4) is 0 Å². The quantitative estimate of drug-likeness (QED) is 0.308. The molecule has 2 heterocycles. The van der Waals surface area contributed by atoms with Gasteiger partial charge in [-0.3, -0.25) is 14.9 Å². The first kappa shape index (κ1) is 22.3. The summed E-state index contributed by atoms with van der Waals surface area (Å²) in [5.74, 6) is 0.534. The van der Waals surface area contributed by atoms with Gasteiger partial charge in [0.2, 0.25) is 17.0 Å². The summed E-state index contributed by atoms with van der Waals surface area (Å²) in [6, 6.07) is 13.7. The van der Waals surface area contributed by atoms with Crippen LogP contribution in [0, 0.1) is 10.1 Å². The second-order valence-corrected chi connectivity index (χ2v) is 8.73. The van der Waals surface area contributed by atoms with Gasteiger partial charge in [-0.15, -0.1) is 5.10 Å². The van der Waals surface area contributed by atoms with Crippen molar-refractivity contribution >= 4 is 35.0 Å². The van der Waals surface area contributed by atoms with Crippen LogP contribution in [0.2, 0.25) is 0 Å². The number of aromatic nitrogens is 3. The van der Waals surface area contributed by atoms with Crippen molar-refractivity contribution in [3.63, 3.8) is 0 Å². The minimum atomic E-state index is -0.525. The van der Waals surface area contributed by atoms with E-state index in [-0.39, 0.29) is 5.69 Å². The molecule has 11 heteroatoms. The maximum Gasteiger partial charge on any atom is 0.269 e. The molecule has 2 aromatic carbocycles. The fraction of sp³-hybridized carbons (Fsp3) is 0.227. The van der Waals surface area contributed by atoms with Crippen LogP contribution in [0.25, 0.3) is 0 Å². The van der Waals surface area contributed by atoms with E-state index in [0.29, 0.717) is 28.1 Å². The summed E-state index contributed by atoms with van der Waals surface area (Å²) in [7, 11) is 3.92. The molecule has 3 N–H and O–H groups in total. The molecule has 10 nitrogen and oxygen atoms in total. The highest BCUT2D eigenvalue weighted by Gasteiger charge is 2.33. The van der Waals surface area contributed by atoms with Gasteiger partial charge in [-0.1, -0.05) is 36.0 Å². The summed E-state index contributed by atoms with van der Waals surface area (Å²) in [6.07, 6.45) is 0. The molecule has 3 aromatic rings. The number of allylic oxidation sites excluding steroid dienone is 1. The molecule has 0 bridgehead atoms. The Morgan fingerprint density at radius 1 is 1.21 bits per heavy atom. The number of nitro benzene ring substituents is 1. The van der Waals surface area contributed by atoms with E-state index in [4.69, 9.17) is 5.73 Å². The Kier molecular flexibility index (Phi) is 6.05. The topological polar surface area (TPSA) is 132 Å². The number of nitro groups is 1. The SMILES string of the molecule is CC1=C(C(N)=O)C(c2ccc(N(C)C)cc2)n2nc(SCc3ccc([N+](=O)[O-])cc3)nc2N1. The van der Waals surface area contributed by atoms with Gasteiger partial charge in [-0.2, -0.15) is 4.98 Å². The van der Waals surface area contributed by atoms with Gasteiger partial charge in [-0.25, -0.2) is 4.68 Å². The Bertz CT molecular complexity index is 1230. The number of amides is 1. The number of carbonyl (C=O) groups is 1. The number of carbonyl (C=O) groups excluding carboxylic acids is 1. The largest absolute Gasteiger partial charge is 0.378 e. The molecule has 0 radical (unpaired) electrons. The van der Waals surface area contributed by atoms with E-state index < -0.39 is 16.9 Å². The zero-order valence-corrected chi connectivity index (χ0v) is 19.2. The first-order chi connectivity index (χ1) is 15.7. The number of non-ortho nitro benzene ring substituents is 1. The van der Waals surface area contributed by atoms with E-state index in [2.05, 4.69) is 15.4 Å². The van der Waals surface area contributed by atoms with Crippen molar-refractivity contribution in [2.45, 2.75) is 23.9 Å². The molecule has 170 valence electrons. The molecule has 0 fully saturated rings. The highest BCUT2D eigenvalue weighted by atomic mass is 32.2. The predicted octanol–water partition coefficient (Wildman–Crippen LogP) is 3.32. The number of hydrogen-bond donors (Lipinski definition) is 2. The zero-order valence-electron chi connectivity index (χ0n) is 18.3. The summed E-state index contributed by atoms with van der Waals surface area (Å²) >= 11 is 1.40. The fourth-order valence-corrected chi connectivity index (χ4v) is 4.42. The first-order valence-corrected chi connectivity index (χ1v) is 11.1. The summed E-state index contributed by atoms with van der Waals surface area (Å²) in [4.78, 5) is 29.3. The molecule has 0 spiro atoms. The molecule has 0 saturated heterocycles. The van der Waals surface area contributed by atoms with Crippen LogP contribution < -0.4 is 16.0 Å². The van der Waals surface area contributed by atoms with Gasteiger partial charge < -0.3 is 16.0 Å². The van der Waals surface area contributed by atoms with E-state index in [9.17, 15) is 14.9 Å². The van der Waals surface area contributed by atoms with E-state index in [1.807, 2.05) is 43.3 Å². The summed E-state index contributed by atoms with van der Waals surface area (Å²) in [5, 5.41) is 19.1. The van der Waals surface area contributed by atoms with Crippen molar-refractivity contribution in [1.29, 1.82) is 0 Å². The second-order valence-electron chi connectivity index (χ2n) is 7.79. The third-order valence-corrected chi connectivity index (χ3v) is 6.25. The number of primary amides is 1. The standard InChI is InChI=1S/C22H23N7O3S/c1-13-18(20(23)30)19(15-6-10-16(11-7-15)27(2)3)28-21(24-13)25-22(26-28)33-12-14-4-8-17(9-5-14)29(31)32/h4-11,19H,12H2,1-3H3,(H2,23,30)(H,24,25,26). The van der Waals surface area contributed by atoms with Crippen LogP contribution in [0.3, 0.4) is 0 Å². The lowest BCUT2D eigenvalue weighted by Crippen LogP contribution is -2.31. The number of thioether (sulfide) groups is 1. The Morgan fingerprint density at radius 3 is 2.45 bits per heavy atom. The van der Waals surface area contributed by atoms with Crippen LogP contribution in [-0.4, -0.2) is 39.7 Å². The third kappa shape index (κ3) is 4.53. The van der Waals surface area contributed by atoms with Crippen molar-refractivity contribution in [3.05, 3.63) is 81.0 Å². The molecule has 1 amide bonds. The van der Waals surface area contributed by atoms with Crippen molar-refractivity contribution in [1.82, 2.24) is 14.8 Å². The molecule has 1 aliphatic heterocycles. The number of nitrogens with zero attached hydrogens (tertiary/aromatic N) is 5. The number of nitrogens with two attached hydrogens (primary N) is 1. The van der Waals surface area contributed by atoms with E-state index >= 15 is 0 Å². The number of anilines is 2. The molecule has 0 saturated carbocycles. The highest BCUT2D eigenvalue weighted by molar-refractivity contribution is 7.98. The Balaban J connectivity index is 1.63. The molecule has 1 unspecified atom stereocenters. The summed E-state index contributed by atoms with van der Waals surface area (Å²) in [6.45, 7) is 1.79. The molecule has 1 aliphatic rings. The lowest BCUT2D eigenvalue weighted by atomic mass is 9.95. The minimum Gasteiger partial charge on any atom is -0.378 e. The molecular weight excluding hydrogens is 442 g/mol. The van der Waals surface area contributed by atoms with Gasteiger partial charge in [0.15, 0.2) is 0 Å². The summed E-state index contributed by atoms with van der Waals surface area (Å²) < 4.78 is 1.68. The molecule has 1 aromatic heterocycles. The minimum absolute atomic E-state index is 0.0483. The molecular formula is C22H23N7O3S. The van der Waals surface area contributed by atoms with Crippen LogP contribution in [-0.2, 0) is 10.5 Å². The maximum absolute atomic E-state index is 12.3. The van der Waals surface area contributed by atoms with Crippen LogP contribution in [0.4, 0.5) is 17.3 Å². The van der Waals surface area contributed by atoms with Crippen LogP contribution in [0.1, 0.15) is 24.1 Å². The van der Waals surface area contributed by atoms with Crippen LogP contribution in [0.15, 0.2) is 65.0 Å². The van der Waals surface area contributed by atoms with E-state index in [0.717, 1.165) is 16.8 Å². The van der Waals surface area contributed by atoms with Gasteiger partial charge in [0.25, 0.3) is 5.69 Å². The van der Waals surface area contributed by atoms with Crippen molar-refractivity contribution in [2.24, 2.45) is 5.73 Å². The number of rotatable bonds is 7. The number of fused-ring (bicyclic) bond motifs is 1. The molecule has 4 rings (SSSR count). The zero-order chi connectivity index (χ0) is 23.7. The molecule has 0 aliphatic carbocycles. The highest BCUT2D eigenvalue weighted by Crippen LogP contribution is 2.36. The normalized spacial score (nSPS) is 15.1. The van der Waals surface area contributed by atoms with E-state index in [1.54, 1.807) is 23.7 Å². The monoisotopic (exact) mass is 465 g/mol. The smallest absolute Gasteiger partial charge is 0.269 e. The van der Waals surface area contributed by atoms with Gasteiger partial charge in [0.1, 0.15) is 6.04 Å². The Hall–Kier alpha value is -3.86. The lowest BCUT2D eigenvalue weighted by Gasteiger charge is -2.28. The molecule has 33 heavy (non-hydrogen) atoms. The first-order valence-electron chi connectivity index (χ1n) is 10.1. The van der Waals surface area contributed by atoms with Gasteiger partial charge in [0, 0.05) is 43.4 Å². The van der Waals surface area contributed by atoms with Crippen molar-refractivity contribution < 1.29 is 9.72 Å². The van der Waals surface area contributed by atoms with Gasteiger partial charge in [-0.05, 0) is 30.2 Å². The fourth-order valence-electron chi connectivity index (χ4n) is 3.64. The Morgan fingerprint density at radius 2 is 1.88 bits per heavy atom. The van der Waals surface area contributed by atoms with Gasteiger partial charge in [0.05, 0.1) is 10.5 Å². The van der Waals surface area contributed by atoms with E-state index in [1.165, 1.54) is 23.9 Å². The average molecular weight is 466 g/mol. The second kappa shape index (κ2) is 8.94. The van der Waals surface area contributed by atoms with Crippen LogP contribution in [0.5, 0.6) is 0 Å². The lowest BCUT2D eigenvalue weighted by molar-refractivity contribution is -0.384. The number of benzene rings is 2. The summed E-state index contributed by atoms with van der Waals surface area (Å²) in [5.41, 5.74) is 9.66. The van der Waals surface area contributed by atoms with Gasteiger partial charge >= 0.3 is 0 Å². The van der Waals surface area contributed by atoms with Crippen molar-refractivity contribution in [2.75, 3.05) is 24.3 Å². The average Bonchev–Trinajstić information content (AvgIpc) is 3.19. The number of hydrogen-bond acceptors (Lipinski definition) is 8. The third-order valence-electron chi connectivity index (χ3n) is 5.34. The Labute approximate surface area is 194 Å². The van der Waals surface area contributed by atoms with Crippen LogP contribution >= 0.6 is 11.8 Å². The predicted molar refractivity (Wildman–Crippen MR) is 127 cm³/mol. The molecule has 1 atom stereocenters. The number of nitrogens with one attached hydrogen (secondary N) is 1.